The topological polar surface area (TPSA) is 84.9 Å². The molecule has 126 valence electrons. The van der Waals surface area contributed by atoms with E-state index in [0.717, 1.165) is 5.56 Å². The van der Waals surface area contributed by atoms with Crippen molar-refractivity contribution in [2.75, 3.05) is 13.7 Å². The Morgan fingerprint density at radius 2 is 1.75 bits per heavy atom. The molecule has 1 atom stereocenters. The molecule has 0 aliphatic carbocycles. The summed E-state index contributed by atoms with van der Waals surface area (Å²) in [6, 6.07) is 14.5. The number of phenols is 1. The quantitative estimate of drug-likeness (QED) is 0.755. The highest BCUT2D eigenvalue weighted by Gasteiger charge is 2.22. The Labute approximate surface area is 140 Å². The van der Waals surface area contributed by atoms with Gasteiger partial charge in [-0.15, -0.1) is 0 Å². The van der Waals surface area contributed by atoms with E-state index in [-0.39, 0.29) is 18.8 Å². The lowest BCUT2D eigenvalue weighted by molar-refractivity contribution is -0.145. The first-order valence-corrected chi connectivity index (χ1v) is 7.41. The van der Waals surface area contributed by atoms with E-state index in [4.69, 9.17) is 9.47 Å². The molecule has 0 bridgehead atoms. The van der Waals surface area contributed by atoms with Crippen molar-refractivity contribution in [3.05, 3.63) is 60.2 Å². The molecule has 0 heterocycles. The summed E-state index contributed by atoms with van der Waals surface area (Å²) in [6.45, 7) is -0.201. The van der Waals surface area contributed by atoms with E-state index in [0.29, 0.717) is 5.75 Å². The zero-order valence-corrected chi connectivity index (χ0v) is 13.3. The number of ether oxygens (including phenoxy) is 2. The number of hydrogen-bond acceptors (Lipinski definition) is 5. The lowest BCUT2D eigenvalue weighted by Gasteiger charge is -2.17. The van der Waals surface area contributed by atoms with Gasteiger partial charge in [0.05, 0.1) is 7.11 Å². The fourth-order valence-corrected chi connectivity index (χ4v) is 2.10. The monoisotopic (exact) mass is 329 g/mol. The number of aromatic hydroxyl groups is 1. The van der Waals surface area contributed by atoms with Gasteiger partial charge in [0.2, 0.25) is 0 Å². The number of carbonyl (C=O) groups is 2. The summed E-state index contributed by atoms with van der Waals surface area (Å²) in [5, 5.41) is 11.9. The largest absolute Gasteiger partial charge is 0.508 e. The smallest absolute Gasteiger partial charge is 0.328 e. The third-order valence-electron chi connectivity index (χ3n) is 3.31. The van der Waals surface area contributed by atoms with Crippen LogP contribution in [0.4, 0.5) is 0 Å². The normalized spacial score (nSPS) is 11.4. The zero-order chi connectivity index (χ0) is 17.4. The van der Waals surface area contributed by atoms with E-state index in [1.807, 2.05) is 6.07 Å². The Morgan fingerprint density at radius 3 is 2.38 bits per heavy atom. The number of hydrogen-bond donors (Lipinski definition) is 2. The molecule has 0 radical (unpaired) electrons. The van der Waals surface area contributed by atoms with Crippen LogP contribution >= 0.6 is 0 Å². The van der Waals surface area contributed by atoms with Crippen molar-refractivity contribution in [1.29, 1.82) is 0 Å². The molecule has 0 aromatic heterocycles. The van der Waals surface area contributed by atoms with E-state index >= 15 is 0 Å². The summed E-state index contributed by atoms with van der Waals surface area (Å²) in [7, 11) is 1.26. The molecule has 24 heavy (non-hydrogen) atoms. The minimum Gasteiger partial charge on any atom is -0.508 e. The summed E-state index contributed by atoms with van der Waals surface area (Å²) >= 11 is 0. The maximum Gasteiger partial charge on any atom is 0.328 e. The minimum absolute atomic E-state index is 0.133. The maximum atomic E-state index is 12.0. The molecule has 6 nitrogen and oxygen atoms in total. The fraction of sp³-hybridized carbons (Fsp3) is 0.222. The van der Waals surface area contributed by atoms with Crippen LogP contribution in [0.3, 0.4) is 0 Å². The van der Waals surface area contributed by atoms with Crippen LogP contribution in [0.25, 0.3) is 0 Å². The number of phenolic OH excluding ortho intramolecular Hbond substituents is 1. The summed E-state index contributed by atoms with van der Waals surface area (Å²) < 4.78 is 10.1. The van der Waals surface area contributed by atoms with Crippen LogP contribution in [0.15, 0.2) is 54.6 Å². The SMILES string of the molecule is COC(=O)[C@H](Cc1ccc(O)cc1)NC(=O)COc1ccccc1. The molecule has 0 saturated carbocycles. The lowest BCUT2D eigenvalue weighted by Crippen LogP contribution is -2.44. The van der Waals surface area contributed by atoms with Crippen LogP contribution in [0.5, 0.6) is 11.5 Å². The van der Waals surface area contributed by atoms with Crippen LogP contribution in [-0.2, 0) is 20.7 Å². The molecule has 2 rings (SSSR count). The number of rotatable bonds is 7. The summed E-state index contributed by atoms with van der Waals surface area (Å²) in [4.78, 5) is 23.9. The van der Waals surface area contributed by atoms with Gasteiger partial charge >= 0.3 is 5.97 Å². The average molecular weight is 329 g/mol. The molecule has 0 aliphatic heterocycles. The number of nitrogens with one attached hydrogen (secondary N) is 1. The van der Waals surface area contributed by atoms with Crippen molar-refractivity contribution in [2.45, 2.75) is 12.5 Å². The van der Waals surface area contributed by atoms with Gasteiger partial charge in [0.25, 0.3) is 5.91 Å². The number of methoxy groups -OCH3 is 1. The third-order valence-corrected chi connectivity index (χ3v) is 3.31. The molecule has 0 saturated heterocycles. The standard InChI is InChI=1S/C18H19NO5/c1-23-18(22)16(11-13-7-9-14(20)10-8-13)19-17(21)12-24-15-5-3-2-4-6-15/h2-10,16,20H,11-12H2,1H3,(H,19,21)/t16-/m0/s1. The van der Waals surface area contributed by atoms with Crippen LogP contribution in [0.1, 0.15) is 5.56 Å². The first kappa shape index (κ1) is 17.3. The van der Waals surface area contributed by atoms with Crippen LogP contribution in [-0.4, -0.2) is 36.7 Å². The second kappa shape index (κ2) is 8.57. The first-order chi connectivity index (χ1) is 11.6. The molecular weight excluding hydrogens is 310 g/mol. The zero-order valence-electron chi connectivity index (χ0n) is 13.3. The number of para-hydroxylation sites is 1. The molecular formula is C18H19NO5. The van der Waals surface area contributed by atoms with Crippen molar-refractivity contribution in [3.63, 3.8) is 0 Å². The Morgan fingerprint density at radius 1 is 1.08 bits per heavy atom. The van der Waals surface area contributed by atoms with Gasteiger partial charge in [0, 0.05) is 6.42 Å². The van der Waals surface area contributed by atoms with Crippen molar-refractivity contribution >= 4 is 11.9 Å². The Bertz CT molecular complexity index is 670. The third kappa shape index (κ3) is 5.31. The summed E-state index contributed by atoms with van der Waals surface area (Å²) in [6.07, 6.45) is 0.254. The molecule has 2 aromatic rings. The van der Waals surface area contributed by atoms with Gasteiger partial charge in [-0.25, -0.2) is 4.79 Å². The fourth-order valence-electron chi connectivity index (χ4n) is 2.10. The summed E-state index contributed by atoms with van der Waals surface area (Å²) in [5.41, 5.74) is 0.785. The number of amides is 1. The molecule has 2 N–H and O–H groups in total. The van der Waals surface area contributed by atoms with Gasteiger partial charge in [-0.3, -0.25) is 4.79 Å². The molecule has 0 unspecified atom stereocenters. The molecule has 6 heteroatoms. The Balaban J connectivity index is 1.93. The van der Waals surface area contributed by atoms with Crippen LogP contribution in [0, 0.1) is 0 Å². The Kier molecular flexibility index (Phi) is 6.19. The van der Waals surface area contributed by atoms with Gasteiger partial charge in [-0.1, -0.05) is 30.3 Å². The molecule has 2 aromatic carbocycles. The predicted molar refractivity (Wildman–Crippen MR) is 87.7 cm³/mol. The lowest BCUT2D eigenvalue weighted by atomic mass is 10.1. The van der Waals surface area contributed by atoms with Crippen LogP contribution in [0.2, 0.25) is 0 Å². The van der Waals surface area contributed by atoms with Crippen molar-refractivity contribution in [3.8, 4) is 11.5 Å². The predicted octanol–water partition coefficient (Wildman–Crippen LogP) is 1.67. The van der Waals surface area contributed by atoms with Gasteiger partial charge in [-0.05, 0) is 29.8 Å². The maximum absolute atomic E-state index is 12.0. The van der Waals surface area contributed by atoms with E-state index in [2.05, 4.69) is 5.32 Å². The Hall–Kier alpha value is -3.02. The molecule has 0 fully saturated rings. The van der Waals surface area contributed by atoms with Crippen molar-refractivity contribution in [2.24, 2.45) is 0 Å². The molecule has 0 spiro atoms. The highest BCUT2D eigenvalue weighted by atomic mass is 16.5. The highest BCUT2D eigenvalue weighted by Crippen LogP contribution is 2.12. The van der Waals surface area contributed by atoms with Crippen molar-refractivity contribution in [1.82, 2.24) is 5.32 Å². The van der Waals surface area contributed by atoms with Gasteiger partial charge in [0.15, 0.2) is 6.61 Å². The second-order valence-corrected chi connectivity index (χ2v) is 5.12. The number of benzene rings is 2. The average Bonchev–Trinajstić information content (AvgIpc) is 2.61. The van der Waals surface area contributed by atoms with Gasteiger partial charge in [-0.2, -0.15) is 0 Å². The second-order valence-electron chi connectivity index (χ2n) is 5.12. The van der Waals surface area contributed by atoms with E-state index in [9.17, 15) is 14.7 Å². The number of carbonyl (C=O) groups excluding carboxylic acids is 2. The molecule has 0 aliphatic rings. The summed E-state index contributed by atoms with van der Waals surface area (Å²) in [5.74, 6) is -0.265. The highest BCUT2D eigenvalue weighted by molar-refractivity contribution is 5.85. The van der Waals surface area contributed by atoms with Crippen molar-refractivity contribution < 1.29 is 24.2 Å². The van der Waals surface area contributed by atoms with Gasteiger partial charge < -0.3 is 19.9 Å². The van der Waals surface area contributed by atoms with E-state index in [1.54, 1.807) is 36.4 Å². The first-order valence-electron chi connectivity index (χ1n) is 7.41. The molecule has 1 amide bonds. The van der Waals surface area contributed by atoms with Crippen LogP contribution < -0.4 is 10.1 Å². The van der Waals surface area contributed by atoms with E-state index < -0.39 is 17.9 Å². The van der Waals surface area contributed by atoms with Gasteiger partial charge in [0.1, 0.15) is 17.5 Å². The van der Waals surface area contributed by atoms with E-state index in [1.165, 1.54) is 19.2 Å². The number of esters is 1. The minimum atomic E-state index is -0.827.